The molecule has 0 radical (unpaired) electrons. The molecule has 0 aromatic carbocycles. The van der Waals surface area contributed by atoms with E-state index in [1.54, 1.807) is 0 Å². The summed E-state index contributed by atoms with van der Waals surface area (Å²) in [7, 11) is 0. The van der Waals surface area contributed by atoms with Gasteiger partial charge in [-0.1, -0.05) is 196 Å². The van der Waals surface area contributed by atoms with Gasteiger partial charge in [-0.3, -0.25) is 0 Å². The molecule has 0 fully saturated rings. The molecule has 0 heterocycles. The number of carbonyl (C=O) groups is 6. The number of hydrogen-bond acceptors (Lipinski definition) is 6. The Labute approximate surface area is 506 Å². The zero-order valence-corrected chi connectivity index (χ0v) is 52.9. The van der Waals surface area contributed by atoms with E-state index in [2.05, 4.69) is 41.5 Å². The van der Waals surface area contributed by atoms with Crippen molar-refractivity contribution in [1.29, 1.82) is 0 Å². The molecule has 0 saturated heterocycles. The molecule has 0 rings (SSSR count). The molecule has 21 heteroatoms. The Morgan fingerprint density at radius 3 is 0.362 bits per heavy atom. The first-order valence-corrected chi connectivity index (χ1v) is 24.1. The molecule has 6 amide bonds. The molecule has 0 saturated carbocycles. The maximum atomic E-state index is 10.1. The summed E-state index contributed by atoms with van der Waals surface area (Å²) in [6.45, 7) is 13.0. The molecule has 0 aliphatic heterocycles. The van der Waals surface area contributed by atoms with Gasteiger partial charge in [-0.2, -0.15) is 0 Å². The van der Waals surface area contributed by atoms with Gasteiger partial charge in [0.1, 0.15) is 0 Å². The van der Waals surface area contributed by atoms with Crippen molar-refractivity contribution in [2.45, 2.75) is 273 Å². The van der Waals surface area contributed by atoms with Gasteiger partial charge < -0.3 is 138 Å². The van der Waals surface area contributed by atoms with Crippen LogP contribution in [0.25, 0.3) is 34.4 Å². The molecule has 0 bridgehead atoms. The Bertz CT molecular complexity index is 780. The Morgan fingerprint density at radius 1 is 0.203 bits per heavy atom. The summed E-state index contributed by atoms with van der Waals surface area (Å²) in [5.74, 6) is -2.52. The van der Waals surface area contributed by atoms with Crippen LogP contribution in [-0.2, 0) is 93.9 Å². The molecule has 12 nitrogen and oxygen atoms in total. The standard InChI is InChI=1S/6C8H17NO.6ClH.3Ti/c6*1-2-3-4-5-6-7-8(9)10;;;;;;;;;/h6*2-7H2,1H3,(H2,9,10);6*1H;;;/q;;;;;;;;;;;;3*+4/p-12. The summed E-state index contributed by atoms with van der Waals surface area (Å²) >= 11 is 0. The van der Waals surface area contributed by atoms with Crippen molar-refractivity contribution in [3.8, 4) is 0 Å². The second-order valence-corrected chi connectivity index (χ2v) is 15.5. The van der Waals surface area contributed by atoms with Gasteiger partial charge >= 0.3 is 65.2 Å². The SMILES string of the molecule is CCCCCCCC([NH-])=O.CCCCCCCC([NH-])=O.CCCCCCCC([NH-])=O.CCCCCCCC([NH-])=O.CCCCCCCC([NH-])=O.CCCCCCCC([NH-])=O.[Cl-].[Cl-].[Cl-].[Cl-].[Cl-].[Cl-].[Ti+4].[Ti+4].[Ti+4]. The molecule has 0 aliphatic carbocycles. The number of unbranched alkanes of at least 4 members (excludes halogenated alkanes) is 24. The molecule has 69 heavy (non-hydrogen) atoms. The van der Waals surface area contributed by atoms with Crippen LogP contribution in [0.5, 0.6) is 0 Å². The maximum absolute atomic E-state index is 10.1. The van der Waals surface area contributed by atoms with Crippen LogP contribution in [-0.4, -0.2) is 35.4 Å². The van der Waals surface area contributed by atoms with Crippen LogP contribution in [0.15, 0.2) is 0 Å². The molecule has 6 N–H and O–H groups in total. The quantitative estimate of drug-likeness (QED) is 0.0595. The van der Waals surface area contributed by atoms with Gasteiger partial charge in [0.05, 0.1) is 0 Å². The molecular weight excluding hydrogens is 1110 g/mol. The summed E-state index contributed by atoms with van der Waals surface area (Å²) in [5, 5.41) is 0. The molecule has 0 unspecified atom stereocenters. The van der Waals surface area contributed by atoms with Crippen LogP contribution in [0.3, 0.4) is 0 Å². The molecule has 0 aliphatic rings. The fourth-order valence-corrected chi connectivity index (χ4v) is 5.33. The van der Waals surface area contributed by atoms with Gasteiger partial charge in [-0.25, -0.2) is 0 Å². The van der Waals surface area contributed by atoms with Crippen LogP contribution >= 0.6 is 0 Å². The Morgan fingerprint density at radius 2 is 0.290 bits per heavy atom. The second-order valence-electron chi connectivity index (χ2n) is 15.5. The van der Waals surface area contributed by atoms with Gasteiger partial charge in [-0.15, -0.1) is 0 Å². The van der Waals surface area contributed by atoms with Crippen LogP contribution < -0.4 is 74.4 Å². The van der Waals surface area contributed by atoms with Gasteiger partial charge in [0, 0.05) is 35.4 Å². The maximum Gasteiger partial charge on any atom is 4.00 e. The fourth-order valence-electron chi connectivity index (χ4n) is 5.33. The smallest absolute Gasteiger partial charge is 1.00 e. The number of halogens is 6. The summed E-state index contributed by atoms with van der Waals surface area (Å²) < 4.78 is 0. The van der Waals surface area contributed by atoms with Gasteiger partial charge in [-0.05, 0) is 77.0 Å². The van der Waals surface area contributed by atoms with Crippen molar-refractivity contribution in [3.63, 3.8) is 0 Å². The van der Waals surface area contributed by atoms with Gasteiger partial charge in [0.2, 0.25) is 0 Å². The van der Waals surface area contributed by atoms with E-state index in [0.29, 0.717) is 38.5 Å². The normalized spacial score (nSPS) is 8.43. The molecule has 0 aromatic rings. The van der Waals surface area contributed by atoms with Crippen LogP contribution in [0.4, 0.5) is 0 Å². The molecule has 408 valence electrons. The van der Waals surface area contributed by atoms with E-state index in [-0.39, 0.29) is 140 Å². The number of carbonyl (C=O) groups excluding carboxylic acids is 6. The van der Waals surface area contributed by atoms with Crippen LogP contribution in [0.2, 0.25) is 0 Å². The summed E-state index contributed by atoms with van der Waals surface area (Å²) in [5.41, 5.74) is 39.7. The molecule has 0 spiro atoms. The number of hydrogen-bond donors (Lipinski definition) is 0. The molecule has 0 aromatic heterocycles. The zero-order valence-electron chi connectivity index (χ0n) is 43.7. The monoisotopic (exact) mass is 1210 g/mol. The Kier molecular flexibility index (Phi) is 168. The van der Waals surface area contributed by atoms with E-state index in [0.717, 1.165) is 77.0 Å². The third kappa shape index (κ3) is 168. The largest absolute Gasteiger partial charge is 4.00 e. The first-order valence-electron chi connectivity index (χ1n) is 24.1. The van der Waals surface area contributed by atoms with E-state index >= 15 is 0 Å². The number of nitrogens with one attached hydrogen (secondary N) is 6. The summed E-state index contributed by atoms with van der Waals surface area (Å²) in [4.78, 5) is 60.9. The van der Waals surface area contributed by atoms with Crippen molar-refractivity contribution >= 4 is 35.4 Å². The summed E-state index contributed by atoms with van der Waals surface area (Å²) in [6.07, 6.45) is 37.0. The fraction of sp³-hybridized carbons (Fsp3) is 0.875. The van der Waals surface area contributed by atoms with Crippen molar-refractivity contribution in [3.05, 3.63) is 34.4 Å². The van der Waals surface area contributed by atoms with E-state index < -0.39 is 35.4 Å². The van der Waals surface area contributed by atoms with Crippen molar-refractivity contribution in [1.82, 2.24) is 0 Å². The number of amides is 6. The van der Waals surface area contributed by atoms with Crippen molar-refractivity contribution < 1.29 is 168 Å². The van der Waals surface area contributed by atoms with E-state index in [1.807, 2.05) is 0 Å². The first-order chi connectivity index (χ1) is 28.6. The zero-order chi connectivity index (χ0) is 46.9. The van der Waals surface area contributed by atoms with E-state index in [9.17, 15) is 28.8 Å². The minimum Gasteiger partial charge on any atom is -1.00 e. The summed E-state index contributed by atoms with van der Waals surface area (Å²) in [6, 6.07) is 0. The molecule has 0 atom stereocenters. The predicted octanol–water partition coefficient (Wildman–Crippen LogP) is -0.429. The third-order valence-corrected chi connectivity index (χ3v) is 9.04. The topological polar surface area (TPSA) is 245 Å². The van der Waals surface area contributed by atoms with Crippen molar-refractivity contribution in [2.24, 2.45) is 0 Å². The van der Waals surface area contributed by atoms with Gasteiger partial charge in [0.25, 0.3) is 0 Å². The molecular formula is C48H96Cl6N6O6Ti3. The second kappa shape index (κ2) is 105. The Hall–Kier alpha value is 0.703. The van der Waals surface area contributed by atoms with Gasteiger partial charge in [0.15, 0.2) is 0 Å². The van der Waals surface area contributed by atoms with Crippen molar-refractivity contribution in [2.75, 3.05) is 0 Å². The minimum atomic E-state index is -0.420. The Balaban J connectivity index is -0.0000000380. The minimum absolute atomic E-state index is 0. The average molecular weight is 1210 g/mol. The first kappa shape index (κ1) is 110. The van der Waals surface area contributed by atoms with E-state index in [4.69, 9.17) is 34.4 Å². The van der Waals surface area contributed by atoms with Crippen LogP contribution in [0.1, 0.15) is 273 Å². The average Bonchev–Trinajstić information content (AvgIpc) is 3.18. The predicted molar refractivity (Wildman–Crippen MR) is 256 cm³/mol. The van der Waals surface area contributed by atoms with Crippen LogP contribution in [0, 0.1) is 0 Å². The number of rotatable bonds is 36. The third-order valence-electron chi connectivity index (χ3n) is 9.04. The van der Waals surface area contributed by atoms with E-state index in [1.165, 1.54) is 116 Å².